The Bertz CT molecular complexity index is 785. The van der Waals surface area contributed by atoms with Crippen LogP contribution < -0.4 is 0 Å². The van der Waals surface area contributed by atoms with Crippen molar-refractivity contribution in [3.8, 4) is 0 Å². The molecular formula is C18H16BrNO. The summed E-state index contributed by atoms with van der Waals surface area (Å²) in [6.45, 7) is 2.11. The lowest BCUT2D eigenvalue weighted by atomic mass is 10.0. The van der Waals surface area contributed by atoms with Gasteiger partial charge in [-0.3, -0.25) is 0 Å². The van der Waals surface area contributed by atoms with Crippen molar-refractivity contribution in [2.75, 3.05) is 0 Å². The fourth-order valence-corrected chi connectivity index (χ4v) is 2.99. The number of aliphatic hydroxyl groups is 1. The fraction of sp³-hybridized carbons (Fsp3) is 0.167. The number of para-hydroxylation sites is 1. The lowest BCUT2D eigenvalue weighted by Gasteiger charge is -2.14. The van der Waals surface area contributed by atoms with E-state index in [4.69, 9.17) is 0 Å². The number of fused-ring (bicyclic) bond motifs is 1. The summed E-state index contributed by atoms with van der Waals surface area (Å²) in [5, 5.41) is 11.7. The summed E-state index contributed by atoms with van der Waals surface area (Å²) < 4.78 is 0.829. The highest BCUT2D eigenvalue weighted by Gasteiger charge is 2.16. The Morgan fingerprint density at radius 1 is 1.10 bits per heavy atom. The second kappa shape index (κ2) is 5.96. The highest BCUT2D eigenvalue weighted by Crippen LogP contribution is 2.30. The largest absolute Gasteiger partial charge is 0.382 e. The van der Waals surface area contributed by atoms with Crippen LogP contribution in [0.4, 0.5) is 0 Å². The zero-order valence-corrected chi connectivity index (χ0v) is 13.3. The van der Waals surface area contributed by atoms with E-state index in [1.165, 1.54) is 5.56 Å². The normalized spacial score (nSPS) is 12.5. The smallest absolute Gasteiger partial charge is 0.122 e. The van der Waals surface area contributed by atoms with E-state index in [1.54, 1.807) is 0 Å². The van der Waals surface area contributed by atoms with Crippen LogP contribution >= 0.6 is 15.9 Å². The fourth-order valence-electron chi connectivity index (χ4n) is 2.44. The third-order valence-corrected chi connectivity index (χ3v) is 4.27. The molecule has 0 radical (unpaired) electrons. The molecule has 0 bridgehead atoms. The van der Waals surface area contributed by atoms with Gasteiger partial charge in [-0.25, -0.2) is 4.98 Å². The summed E-state index contributed by atoms with van der Waals surface area (Å²) in [4.78, 5) is 4.61. The van der Waals surface area contributed by atoms with Crippen molar-refractivity contribution in [1.29, 1.82) is 0 Å². The first-order chi connectivity index (χ1) is 10.2. The summed E-state index contributed by atoms with van der Waals surface area (Å²) >= 11 is 3.53. The van der Waals surface area contributed by atoms with E-state index in [9.17, 15) is 5.11 Å². The predicted octanol–water partition coefficient (Wildman–Crippen LogP) is 4.64. The molecule has 0 saturated heterocycles. The number of pyridine rings is 1. The summed E-state index contributed by atoms with van der Waals surface area (Å²) in [5.41, 5.74) is 3.63. The number of hydrogen-bond donors (Lipinski definition) is 1. The van der Waals surface area contributed by atoms with Crippen molar-refractivity contribution in [3.63, 3.8) is 0 Å². The number of aliphatic hydroxyl groups excluding tert-OH is 1. The highest BCUT2D eigenvalue weighted by atomic mass is 79.9. The van der Waals surface area contributed by atoms with E-state index in [0.717, 1.165) is 27.4 Å². The molecule has 1 heterocycles. The highest BCUT2D eigenvalue weighted by molar-refractivity contribution is 9.10. The molecule has 1 N–H and O–H groups in total. The van der Waals surface area contributed by atoms with Crippen LogP contribution in [0.15, 0.2) is 59.1 Å². The summed E-state index contributed by atoms with van der Waals surface area (Å²) in [6.07, 6.45) is 0.225. The quantitative estimate of drug-likeness (QED) is 0.752. The molecule has 0 aliphatic carbocycles. The Morgan fingerprint density at radius 2 is 1.90 bits per heavy atom. The van der Waals surface area contributed by atoms with Crippen molar-refractivity contribution < 1.29 is 5.11 Å². The average Bonchev–Trinajstić information content (AvgIpc) is 2.53. The molecule has 0 amide bonds. The van der Waals surface area contributed by atoms with Gasteiger partial charge >= 0.3 is 0 Å². The second-order valence-corrected chi connectivity index (χ2v) is 5.90. The van der Waals surface area contributed by atoms with Crippen LogP contribution in [0, 0.1) is 0 Å². The molecule has 1 atom stereocenters. The minimum atomic E-state index is -0.726. The number of nitrogens with zero attached hydrogens (tertiary/aromatic N) is 1. The molecule has 21 heavy (non-hydrogen) atoms. The third kappa shape index (κ3) is 2.85. The molecule has 2 aromatic carbocycles. The van der Waals surface area contributed by atoms with E-state index in [-0.39, 0.29) is 0 Å². The average molecular weight is 342 g/mol. The van der Waals surface area contributed by atoms with Crippen molar-refractivity contribution in [3.05, 3.63) is 75.9 Å². The van der Waals surface area contributed by atoms with E-state index in [1.807, 2.05) is 48.5 Å². The first kappa shape index (κ1) is 14.2. The van der Waals surface area contributed by atoms with Gasteiger partial charge in [-0.05, 0) is 45.6 Å². The predicted molar refractivity (Wildman–Crippen MR) is 89.3 cm³/mol. The molecule has 0 spiro atoms. The molecule has 0 aliphatic rings. The van der Waals surface area contributed by atoms with Crippen LogP contribution in [0.2, 0.25) is 0 Å². The Balaban J connectivity index is 2.08. The van der Waals surface area contributed by atoms with E-state index in [0.29, 0.717) is 5.69 Å². The molecule has 0 saturated carbocycles. The van der Waals surface area contributed by atoms with E-state index >= 15 is 0 Å². The Morgan fingerprint density at radius 3 is 2.71 bits per heavy atom. The molecule has 0 aliphatic heterocycles. The van der Waals surface area contributed by atoms with Crippen molar-refractivity contribution in [2.45, 2.75) is 19.4 Å². The Labute approximate surface area is 132 Å². The van der Waals surface area contributed by atoms with E-state index in [2.05, 4.69) is 33.9 Å². The molecule has 1 unspecified atom stereocenters. The minimum absolute atomic E-state index is 0.655. The molecule has 0 fully saturated rings. The topological polar surface area (TPSA) is 33.1 Å². The number of rotatable bonds is 3. The van der Waals surface area contributed by atoms with Crippen LogP contribution in [-0.4, -0.2) is 10.1 Å². The number of halogens is 1. The first-order valence-corrected chi connectivity index (χ1v) is 7.80. The SMILES string of the molecule is CCc1cccc(C(O)c2nc3ccccc3cc2Br)c1. The maximum absolute atomic E-state index is 10.7. The van der Waals surface area contributed by atoms with Crippen molar-refractivity contribution in [1.82, 2.24) is 4.98 Å². The van der Waals surface area contributed by atoms with Gasteiger partial charge < -0.3 is 5.11 Å². The lowest BCUT2D eigenvalue weighted by molar-refractivity contribution is 0.215. The van der Waals surface area contributed by atoms with Crippen LogP contribution in [0.5, 0.6) is 0 Å². The zero-order chi connectivity index (χ0) is 14.8. The van der Waals surface area contributed by atoms with Gasteiger partial charge in [-0.1, -0.05) is 49.4 Å². The second-order valence-electron chi connectivity index (χ2n) is 5.05. The van der Waals surface area contributed by atoms with Gasteiger partial charge in [-0.2, -0.15) is 0 Å². The molecule has 3 aromatic rings. The maximum Gasteiger partial charge on any atom is 0.122 e. The molecule has 106 valence electrons. The van der Waals surface area contributed by atoms with Gasteiger partial charge in [0.2, 0.25) is 0 Å². The lowest BCUT2D eigenvalue weighted by Crippen LogP contribution is -2.04. The first-order valence-electron chi connectivity index (χ1n) is 7.01. The number of benzene rings is 2. The van der Waals surface area contributed by atoms with Gasteiger partial charge in [0.25, 0.3) is 0 Å². The maximum atomic E-state index is 10.7. The summed E-state index contributed by atoms with van der Waals surface area (Å²) in [6, 6.07) is 17.9. The molecular weight excluding hydrogens is 326 g/mol. The summed E-state index contributed by atoms with van der Waals surface area (Å²) in [5.74, 6) is 0. The monoisotopic (exact) mass is 341 g/mol. The van der Waals surface area contributed by atoms with E-state index < -0.39 is 6.10 Å². The number of hydrogen-bond acceptors (Lipinski definition) is 2. The minimum Gasteiger partial charge on any atom is -0.382 e. The van der Waals surface area contributed by atoms with Gasteiger partial charge in [0.05, 0.1) is 11.2 Å². The molecule has 3 rings (SSSR count). The molecule has 2 nitrogen and oxygen atoms in total. The van der Waals surface area contributed by atoms with Crippen LogP contribution in [0.1, 0.15) is 29.8 Å². The third-order valence-electron chi connectivity index (χ3n) is 3.64. The van der Waals surface area contributed by atoms with Gasteiger partial charge in [0, 0.05) is 9.86 Å². The van der Waals surface area contributed by atoms with Crippen LogP contribution in [0.3, 0.4) is 0 Å². The number of aromatic nitrogens is 1. The van der Waals surface area contributed by atoms with Gasteiger partial charge in [0.15, 0.2) is 0 Å². The van der Waals surface area contributed by atoms with Gasteiger partial charge in [-0.15, -0.1) is 0 Å². The summed E-state index contributed by atoms with van der Waals surface area (Å²) in [7, 11) is 0. The van der Waals surface area contributed by atoms with Crippen LogP contribution in [-0.2, 0) is 6.42 Å². The van der Waals surface area contributed by atoms with Crippen molar-refractivity contribution >= 4 is 26.8 Å². The molecule has 3 heteroatoms. The Kier molecular flexibility index (Phi) is 4.04. The van der Waals surface area contributed by atoms with Gasteiger partial charge in [0.1, 0.15) is 6.10 Å². The van der Waals surface area contributed by atoms with Crippen LogP contribution in [0.25, 0.3) is 10.9 Å². The molecule has 1 aromatic heterocycles. The number of aryl methyl sites for hydroxylation is 1. The standard InChI is InChI=1S/C18H16BrNO/c1-2-12-6-5-8-14(10-12)18(21)17-15(19)11-13-7-3-4-9-16(13)20-17/h3-11,18,21H,2H2,1H3. The Hall–Kier alpha value is -1.71. The van der Waals surface area contributed by atoms with Crippen molar-refractivity contribution in [2.24, 2.45) is 0 Å². The zero-order valence-electron chi connectivity index (χ0n) is 11.8.